The Morgan fingerprint density at radius 1 is 1.60 bits per heavy atom. The van der Waals surface area contributed by atoms with Gasteiger partial charge in [0.2, 0.25) is 0 Å². The Morgan fingerprint density at radius 2 is 2.35 bits per heavy atom. The van der Waals surface area contributed by atoms with Crippen molar-refractivity contribution >= 4 is 23.4 Å². The van der Waals surface area contributed by atoms with Crippen molar-refractivity contribution in [2.45, 2.75) is 30.5 Å². The molecule has 1 aliphatic rings. The second-order valence-electron chi connectivity index (χ2n) is 4.59. The van der Waals surface area contributed by atoms with E-state index < -0.39 is 10.9 Å². The van der Waals surface area contributed by atoms with Crippen molar-refractivity contribution in [2.24, 2.45) is 0 Å². The Hall–Kier alpha value is -1.60. The zero-order chi connectivity index (χ0) is 14.7. The summed E-state index contributed by atoms with van der Waals surface area (Å²) in [6.07, 6.45) is 1.05. The molecule has 0 saturated carbocycles. The van der Waals surface area contributed by atoms with Crippen LogP contribution in [0.2, 0.25) is 0 Å². The first-order valence-electron chi connectivity index (χ1n) is 6.23. The number of nitro groups is 1. The fourth-order valence-electron chi connectivity index (χ4n) is 2.23. The number of nitro benzene ring substituents is 1. The molecule has 108 valence electrons. The molecule has 0 aliphatic carbocycles. The van der Waals surface area contributed by atoms with Gasteiger partial charge in [-0.1, -0.05) is 12.1 Å². The highest BCUT2D eigenvalue weighted by molar-refractivity contribution is 7.99. The lowest BCUT2D eigenvalue weighted by molar-refractivity contribution is -0.385. The van der Waals surface area contributed by atoms with Crippen LogP contribution in [0.5, 0.6) is 0 Å². The van der Waals surface area contributed by atoms with Crippen molar-refractivity contribution < 1.29 is 19.6 Å². The van der Waals surface area contributed by atoms with E-state index in [4.69, 9.17) is 4.74 Å². The van der Waals surface area contributed by atoms with Crippen molar-refractivity contribution in [3.63, 3.8) is 0 Å². The van der Waals surface area contributed by atoms with Gasteiger partial charge in [-0.15, -0.1) is 0 Å². The van der Waals surface area contributed by atoms with Crippen LogP contribution < -0.4 is 0 Å². The second kappa shape index (κ2) is 6.23. The highest BCUT2D eigenvalue weighted by Gasteiger charge is 2.27. The largest absolute Gasteiger partial charge is 0.477 e. The molecule has 2 unspecified atom stereocenters. The van der Waals surface area contributed by atoms with Gasteiger partial charge >= 0.3 is 5.97 Å². The van der Waals surface area contributed by atoms with Gasteiger partial charge in [-0.3, -0.25) is 10.1 Å². The number of hydrogen-bond donors (Lipinski definition) is 1. The van der Waals surface area contributed by atoms with Gasteiger partial charge in [0.1, 0.15) is 5.56 Å². The summed E-state index contributed by atoms with van der Waals surface area (Å²) < 4.78 is 5.45. The number of hydrogen-bond acceptors (Lipinski definition) is 5. The topological polar surface area (TPSA) is 89.7 Å². The molecule has 20 heavy (non-hydrogen) atoms. The number of thioether (sulfide) groups is 1. The Kier molecular flexibility index (Phi) is 4.61. The van der Waals surface area contributed by atoms with Crippen LogP contribution in [0.1, 0.15) is 29.3 Å². The van der Waals surface area contributed by atoms with Gasteiger partial charge in [-0.2, -0.15) is 11.8 Å². The van der Waals surface area contributed by atoms with E-state index in [9.17, 15) is 20.0 Å². The van der Waals surface area contributed by atoms with Crippen LogP contribution in [0.4, 0.5) is 5.69 Å². The highest BCUT2D eigenvalue weighted by atomic mass is 32.2. The summed E-state index contributed by atoms with van der Waals surface area (Å²) in [4.78, 5) is 21.5. The van der Waals surface area contributed by atoms with Crippen LogP contribution in [-0.2, 0) is 10.5 Å². The van der Waals surface area contributed by atoms with Crippen LogP contribution in [0, 0.1) is 10.1 Å². The fourth-order valence-corrected chi connectivity index (χ4v) is 3.48. The SMILES string of the molecule is CC1OCCC1SCc1cccc([N+](=O)[O-])c1C(=O)O. The van der Waals surface area contributed by atoms with Crippen molar-refractivity contribution in [3.05, 3.63) is 39.4 Å². The molecule has 0 spiro atoms. The van der Waals surface area contributed by atoms with Crippen LogP contribution in [0.3, 0.4) is 0 Å². The van der Waals surface area contributed by atoms with E-state index in [1.807, 2.05) is 6.92 Å². The first kappa shape index (κ1) is 14.8. The van der Waals surface area contributed by atoms with Crippen molar-refractivity contribution in [3.8, 4) is 0 Å². The lowest BCUT2D eigenvalue weighted by atomic mass is 10.1. The van der Waals surface area contributed by atoms with Gasteiger partial charge < -0.3 is 9.84 Å². The first-order valence-corrected chi connectivity index (χ1v) is 7.28. The summed E-state index contributed by atoms with van der Waals surface area (Å²) in [5.41, 5.74) is -0.0845. The van der Waals surface area contributed by atoms with Crippen molar-refractivity contribution in [2.75, 3.05) is 6.61 Å². The average Bonchev–Trinajstić information content (AvgIpc) is 2.81. The lowest BCUT2D eigenvalue weighted by Crippen LogP contribution is -2.14. The van der Waals surface area contributed by atoms with E-state index in [0.717, 1.165) is 6.42 Å². The number of ether oxygens (including phenoxy) is 1. The molecule has 1 fully saturated rings. The van der Waals surface area contributed by atoms with E-state index >= 15 is 0 Å². The number of aromatic carboxylic acids is 1. The van der Waals surface area contributed by atoms with Gasteiger partial charge in [0.15, 0.2) is 0 Å². The van der Waals surface area contributed by atoms with Gasteiger partial charge in [-0.25, -0.2) is 4.79 Å². The van der Waals surface area contributed by atoms with E-state index in [1.165, 1.54) is 12.1 Å². The van der Waals surface area contributed by atoms with Crippen LogP contribution in [0.15, 0.2) is 18.2 Å². The quantitative estimate of drug-likeness (QED) is 0.664. The highest BCUT2D eigenvalue weighted by Crippen LogP contribution is 2.32. The molecule has 2 rings (SSSR count). The van der Waals surface area contributed by atoms with E-state index in [0.29, 0.717) is 23.2 Å². The molecule has 0 amide bonds. The van der Waals surface area contributed by atoms with E-state index in [2.05, 4.69) is 0 Å². The smallest absolute Gasteiger partial charge is 0.343 e. The van der Waals surface area contributed by atoms with Gasteiger partial charge in [-0.05, 0) is 18.9 Å². The third-order valence-corrected chi connectivity index (χ3v) is 4.82. The minimum atomic E-state index is -1.26. The molecule has 6 nitrogen and oxygen atoms in total. The Bertz CT molecular complexity index is 533. The zero-order valence-corrected chi connectivity index (χ0v) is 11.8. The fraction of sp³-hybridized carbons (Fsp3) is 0.462. The number of rotatable bonds is 5. The van der Waals surface area contributed by atoms with E-state index in [-0.39, 0.29) is 17.4 Å². The summed E-state index contributed by atoms with van der Waals surface area (Å²) in [5, 5.41) is 20.4. The maximum atomic E-state index is 11.3. The molecule has 1 heterocycles. The first-order chi connectivity index (χ1) is 9.50. The van der Waals surface area contributed by atoms with Crippen LogP contribution in [-0.4, -0.2) is 34.0 Å². The molecule has 1 saturated heterocycles. The average molecular weight is 297 g/mol. The monoisotopic (exact) mass is 297 g/mol. The van der Waals surface area contributed by atoms with Crippen LogP contribution >= 0.6 is 11.8 Å². The van der Waals surface area contributed by atoms with Gasteiger partial charge in [0, 0.05) is 23.7 Å². The minimum absolute atomic E-state index is 0.131. The Balaban J connectivity index is 2.20. The predicted octanol–water partition coefficient (Wildman–Crippen LogP) is 2.70. The summed E-state index contributed by atoms with van der Waals surface area (Å²) in [6, 6.07) is 4.37. The predicted molar refractivity (Wildman–Crippen MR) is 75.2 cm³/mol. The van der Waals surface area contributed by atoms with Gasteiger partial charge in [0.05, 0.1) is 11.0 Å². The summed E-state index contributed by atoms with van der Waals surface area (Å²) >= 11 is 1.59. The number of carbonyl (C=O) groups is 1. The summed E-state index contributed by atoms with van der Waals surface area (Å²) in [7, 11) is 0. The molecule has 0 radical (unpaired) electrons. The summed E-state index contributed by atoms with van der Waals surface area (Å²) in [6.45, 7) is 2.69. The maximum Gasteiger partial charge on any atom is 0.343 e. The minimum Gasteiger partial charge on any atom is -0.477 e. The second-order valence-corrected chi connectivity index (χ2v) is 5.82. The molecule has 1 aromatic rings. The third kappa shape index (κ3) is 3.10. The van der Waals surface area contributed by atoms with Gasteiger partial charge in [0.25, 0.3) is 5.69 Å². The maximum absolute atomic E-state index is 11.3. The lowest BCUT2D eigenvalue weighted by Gasteiger charge is -2.14. The van der Waals surface area contributed by atoms with Crippen molar-refractivity contribution in [1.29, 1.82) is 0 Å². The Labute approximate surface area is 120 Å². The molecule has 0 bridgehead atoms. The molecular weight excluding hydrogens is 282 g/mol. The van der Waals surface area contributed by atoms with E-state index in [1.54, 1.807) is 17.8 Å². The molecule has 0 aromatic heterocycles. The number of carboxylic acid groups (broad SMARTS) is 1. The molecule has 1 aromatic carbocycles. The van der Waals surface area contributed by atoms with Crippen molar-refractivity contribution in [1.82, 2.24) is 0 Å². The normalized spacial score (nSPS) is 21.9. The standard InChI is InChI=1S/C13H15NO5S/c1-8-11(5-6-19-8)20-7-9-3-2-4-10(14(17)18)12(9)13(15)16/h2-4,8,11H,5-7H2,1H3,(H,15,16). The number of carboxylic acids is 1. The molecule has 1 N–H and O–H groups in total. The molecule has 7 heteroatoms. The third-order valence-electron chi connectivity index (χ3n) is 3.30. The molecular formula is C13H15NO5S. The molecule has 2 atom stereocenters. The van der Waals surface area contributed by atoms with Crippen LogP contribution in [0.25, 0.3) is 0 Å². The number of benzene rings is 1. The number of nitrogens with zero attached hydrogens (tertiary/aromatic N) is 1. The summed E-state index contributed by atoms with van der Waals surface area (Å²) in [5.74, 6) is -0.828. The Morgan fingerprint density at radius 3 is 2.90 bits per heavy atom. The molecule has 1 aliphatic heterocycles. The zero-order valence-electron chi connectivity index (χ0n) is 10.9.